The first-order valence-electron chi connectivity index (χ1n) is 8.62. The highest BCUT2D eigenvalue weighted by molar-refractivity contribution is 7.92. The van der Waals surface area contributed by atoms with Crippen molar-refractivity contribution >= 4 is 27.6 Å². The predicted molar refractivity (Wildman–Crippen MR) is 99.7 cm³/mol. The highest BCUT2D eigenvalue weighted by Crippen LogP contribution is 2.30. The first-order valence-corrected chi connectivity index (χ1v) is 10.5. The van der Waals surface area contributed by atoms with Crippen molar-refractivity contribution in [1.29, 1.82) is 0 Å². The van der Waals surface area contributed by atoms with Gasteiger partial charge in [0.05, 0.1) is 17.5 Å². The third-order valence-corrected chi connectivity index (χ3v) is 5.67. The number of carbonyl (C=O) groups excluding carboxylic acids is 2. The van der Waals surface area contributed by atoms with Gasteiger partial charge in [-0.05, 0) is 56.9 Å². The van der Waals surface area contributed by atoms with Crippen LogP contribution in [-0.4, -0.2) is 45.2 Å². The standard InChI is InChI=1S/C18H26N2O5S/c1-5-18(2,3)19-16(21)12-25-17(22)14-8-9-15-13(11-14)7-6-10-20(15)26(4,23)24/h8-9,11H,5-7,10,12H2,1-4H3,(H,19,21). The Morgan fingerprint density at radius 1 is 1.31 bits per heavy atom. The van der Waals surface area contributed by atoms with Crippen LogP contribution >= 0.6 is 0 Å². The number of hydrogen-bond acceptors (Lipinski definition) is 5. The summed E-state index contributed by atoms with van der Waals surface area (Å²) in [6.07, 6.45) is 3.30. The van der Waals surface area contributed by atoms with E-state index >= 15 is 0 Å². The Bertz CT molecular complexity index is 802. The lowest BCUT2D eigenvalue weighted by atomic mass is 10.0. The molecule has 0 spiro atoms. The van der Waals surface area contributed by atoms with Crippen molar-refractivity contribution in [2.45, 2.75) is 45.6 Å². The summed E-state index contributed by atoms with van der Waals surface area (Å²) in [5.74, 6) is -0.958. The zero-order valence-electron chi connectivity index (χ0n) is 15.7. The van der Waals surface area contributed by atoms with Crippen LogP contribution < -0.4 is 9.62 Å². The Hall–Kier alpha value is -2.09. The number of fused-ring (bicyclic) bond motifs is 1. The van der Waals surface area contributed by atoms with Crippen LogP contribution in [-0.2, 0) is 26.0 Å². The molecular weight excluding hydrogens is 356 g/mol. The Kier molecular flexibility index (Phi) is 5.95. The Labute approximate surface area is 154 Å². The van der Waals surface area contributed by atoms with Gasteiger partial charge in [-0.2, -0.15) is 0 Å². The average Bonchev–Trinajstić information content (AvgIpc) is 2.57. The number of rotatable bonds is 6. The lowest BCUT2D eigenvalue weighted by Gasteiger charge is -2.29. The number of sulfonamides is 1. The van der Waals surface area contributed by atoms with E-state index in [-0.39, 0.29) is 18.1 Å². The number of nitrogens with one attached hydrogen (secondary N) is 1. The largest absolute Gasteiger partial charge is 0.452 e. The molecule has 0 aromatic heterocycles. The van der Waals surface area contributed by atoms with Gasteiger partial charge in [-0.1, -0.05) is 6.92 Å². The van der Waals surface area contributed by atoms with Gasteiger partial charge in [0, 0.05) is 12.1 Å². The van der Waals surface area contributed by atoms with E-state index in [1.165, 1.54) is 16.6 Å². The third-order valence-electron chi connectivity index (χ3n) is 4.49. The van der Waals surface area contributed by atoms with Crippen LogP contribution in [0.5, 0.6) is 0 Å². The van der Waals surface area contributed by atoms with Crippen molar-refractivity contribution in [2.75, 3.05) is 23.7 Å². The van der Waals surface area contributed by atoms with Gasteiger partial charge in [0.25, 0.3) is 5.91 Å². The number of hydrogen-bond donors (Lipinski definition) is 1. The zero-order valence-corrected chi connectivity index (χ0v) is 16.5. The highest BCUT2D eigenvalue weighted by atomic mass is 32.2. The van der Waals surface area contributed by atoms with E-state index in [4.69, 9.17) is 4.74 Å². The molecule has 1 aliphatic heterocycles. The van der Waals surface area contributed by atoms with Gasteiger partial charge in [-0.3, -0.25) is 9.10 Å². The summed E-state index contributed by atoms with van der Waals surface area (Å²) < 4.78 is 30.2. The molecule has 1 aliphatic rings. The van der Waals surface area contributed by atoms with Gasteiger partial charge in [0.15, 0.2) is 6.61 Å². The normalized spacial score (nSPS) is 14.5. The molecule has 0 bridgehead atoms. The summed E-state index contributed by atoms with van der Waals surface area (Å²) in [5, 5.41) is 2.80. The topological polar surface area (TPSA) is 92.8 Å². The van der Waals surface area contributed by atoms with Crippen molar-refractivity contribution in [1.82, 2.24) is 5.32 Å². The molecule has 0 fully saturated rings. The van der Waals surface area contributed by atoms with E-state index in [0.29, 0.717) is 30.6 Å². The van der Waals surface area contributed by atoms with Crippen LogP contribution in [0, 0.1) is 0 Å². The summed E-state index contributed by atoms with van der Waals surface area (Å²) in [5.41, 5.74) is 1.33. The molecular formula is C18H26N2O5S. The van der Waals surface area contributed by atoms with Gasteiger partial charge in [-0.25, -0.2) is 13.2 Å². The molecule has 2 rings (SSSR count). The molecule has 0 saturated heterocycles. The van der Waals surface area contributed by atoms with Crippen LogP contribution in [0.3, 0.4) is 0 Å². The summed E-state index contributed by atoms with van der Waals surface area (Å²) >= 11 is 0. The number of nitrogens with zero attached hydrogens (tertiary/aromatic N) is 1. The molecule has 26 heavy (non-hydrogen) atoms. The zero-order chi connectivity index (χ0) is 19.5. The first kappa shape index (κ1) is 20.2. The lowest BCUT2D eigenvalue weighted by Crippen LogP contribution is -2.44. The molecule has 1 amide bonds. The number of benzene rings is 1. The van der Waals surface area contributed by atoms with Crippen molar-refractivity contribution in [3.05, 3.63) is 29.3 Å². The monoisotopic (exact) mass is 382 g/mol. The minimum atomic E-state index is -3.35. The molecule has 7 nitrogen and oxygen atoms in total. The van der Waals surface area contributed by atoms with E-state index in [2.05, 4.69) is 5.32 Å². The van der Waals surface area contributed by atoms with E-state index in [9.17, 15) is 18.0 Å². The highest BCUT2D eigenvalue weighted by Gasteiger charge is 2.25. The van der Waals surface area contributed by atoms with Crippen LogP contribution in [0.1, 0.15) is 49.5 Å². The molecule has 0 saturated carbocycles. The first-order chi connectivity index (χ1) is 12.0. The second kappa shape index (κ2) is 7.65. The Morgan fingerprint density at radius 3 is 2.62 bits per heavy atom. The molecule has 1 N–H and O–H groups in total. The van der Waals surface area contributed by atoms with E-state index in [0.717, 1.165) is 12.0 Å². The van der Waals surface area contributed by atoms with Gasteiger partial charge in [0.1, 0.15) is 0 Å². The number of carbonyl (C=O) groups is 2. The van der Waals surface area contributed by atoms with Crippen molar-refractivity contribution < 1.29 is 22.7 Å². The fraction of sp³-hybridized carbons (Fsp3) is 0.556. The fourth-order valence-electron chi connectivity index (χ4n) is 2.75. The second-order valence-electron chi connectivity index (χ2n) is 7.14. The maximum absolute atomic E-state index is 12.2. The molecule has 8 heteroatoms. The van der Waals surface area contributed by atoms with Gasteiger partial charge in [-0.15, -0.1) is 0 Å². The van der Waals surface area contributed by atoms with Crippen molar-refractivity contribution in [2.24, 2.45) is 0 Å². The molecule has 144 valence electrons. The molecule has 0 unspecified atom stereocenters. The number of anilines is 1. The summed E-state index contributed by atoms with van der Waals surface area (Å²) in [6.45, 7) is 5.82. The van der Waals surface area contributed by atoms with Gasteiger partial charge in [0.2, 0.25) is 10.0 Å². The Morgan fingerprint density at radius 2 is 2.00 bits per heavy atom. The maximum atomic E-state index is 12.2. The van der Waals surface area contributed by atoms with Gasteiger partial charge < -0.3 is 10.1 Å². The number of aryl methyl sites for hydroxylation is 1. The SMILES string of the molecule is CCC(C)(C)NC(=O)COC(=O)c1ccc2c(c1)CCCN2S(C)(=O)=O. The van der Waals surface area contributed by atoms with E-state index in [1.807, 2.05) is 20.8 Å². The molecule has 0 atom stereocenters. The van der Waals surface area contributed by atoms with Crippen LogP contribution in [0.2, 0.25) is 0 Å². The Balaban J connectivity index is 2.06. The maximum Gasteiger partial charge on any atom is 0.338 e. The summed E-state index contributed by atoms with van der Waals surface area (Å²) in [7, 11) is -3.35. The number of ether oxygens (including phenoxy) is 1. The average molecular weight is 382 g/mol. The molecule has 0 aliphatic carbocycles. The molecule has 1 heterocycles. The third kappa shape index (κ3) is 4.97. The number of amides is 1. The second-order valence-corrected chi connectivity index (χ2v) is 9.05. The quantitative estimate of drug-likeness (QED) is 0.758. The molecule has 1 aromatic carbocycles. The molecule has 0 radical (unpaired) electrons. The number of esters is 1. The minimum absolute atomic E-state index is 0.307. The predicted octanol–water partition coefficient (Wildman–Crippen LogP) is 1.86. The van der Waals surface area contributed by atoms with Crippen LogP contribution in [0.4, 0.5) is 5.69 Å². The van der Waals surface area contributed by atoms with Crippen molar-refractivity contribution in [3.8, 4) is 0 Å². The summed E-state index contributed by atoms with van der Waals surface area (Å²) in [6, 6.07) is 4.79. The van der Waals surface area contributed by atoms with E-state index in [1.54, 1.807) is 12.1 Å². The van der Waals surface area contributed by atoms with Gasteiger partial charge >= 0.3 is 5.97 Å². The fourth-order valence-corrected chi connectivity index (χ4v) is 3.75. The lowest BCUT2D eigenvalue weighted by molar-refractivity contribution is -0.125. The van der Waals surface area contributed by atoms with Crippen molar-refractivity contribution in [3.63, 3.8) is 0 Å². The van der Waals surface area contributed by atoms with Crippen LogP contribution in [0.15, 0.2) is 18.2 Å². The smallest absolute Gasteiger partial charge is 0.338 e. The van der Waals surface area contributed by atoms with Crippen LogP contribution in [0.25, 0.3) is 0 Å². The molecule has 1 aromatic rings. The minimum Gasteiger partial charge on any atom is -0.452 e. The summed E-state index contributed by atoms with van der Waals surface area (Å²) in [4.78, 5) is 24.1. The van der Waals surface area contributed by atoms with E-state index < -0.39 is 16.0 Å².